The number of aliphatic imine (C=N–C) groups is 1. The van der Waals surface area contributed by atoms with E-state index in [9.17, 15) is 4.79 Å². The van der Waals surface area contributed by atoms with Crippen LogP contribution in [0.25, 0.3) is 0 Å². The van der Waals surface area contributed by atoms with Crippen molar-refractivity contribution >= 4 is 17.5 Å². The summed E-state index contributed by atoms with van der Waals surface area (Å²) in [6.07, 6.45) is 2.39. The summed E-state index contributed by atoms with van der Waals surface area (Å²) in [4.78, 5) is 18.9. The average Bonchev–Trinajstić information content (AvgIpc) is 2.77. The van der Waals surface area contributed by atoms with E-state index in [2.05, 4.69) is 0 Å². The van der Waals surface area contributed by atoms with Crippen LogP contribution < -0.4 is 5.73 Å². The molecule has 2 N–H and O–H groups in total. The lowest BCUT2D eigenvalue weighted by molar-refractivity contribution is 0.0266. The van der Waals surface area contributed by atoms with Crippen molar-refractivity contribution in [2.24, 2.45) is 10.7 Å². The van der Waals surface area contributed by atoms with Crippen LogP contribution in [0.15, 0.2) is 88.6 Å². The van der Waals surface area contributed by atoms with E-state index in [-0.39, 0.29) is 6.09 Å². The van der Waals surface area contributed by atoms with E-state index in [1.807, 2.05) is 94.4 Å². The first-order valence-corrected chi connectivity index (χ1v) is 10.6. The summed E-state index contributed by atoms with van der Waals surface area (Å²) in [5, 5.41) is 0. The number of nitrogens with two attached hydrogens (primary N) is 1. The van der Waals surface area contributed by atoms with Crippen LogP contribution in [0.4, 0.5) is 10.5 Å². The van der Waals surface area contributed by atoms with Crippen LogP contribution in [0.2, 0.25) is 0 Å². The monoisotopic (exact) mass is 417 g/mol. The lowest BCUT2D eigenvalue weighted by Gasteiger charge is -2.30. The van der Waals surface area contributed by atoms with Crippen LogP contribution in [0.5, 0.6) is 0 Å². The van der Waals surface area contributed by atoms with E-state index in [4.69, 9.17) is 15.5 Å². The summed E-state index contributed by atoms with van der Waals surface area (Å²) in [6, 6.07) is 19.9. The molecule has 0 aliphatic carbocycles. The lowest BCUT2D eigenvalue weighted by Crippen LogP contribution is -2.39. The van der Waals surface area contributed by atoms with Crippen molar-refractivity contribution in [3.63, 3.8) is 0 Å². The minimum absolute atomic E-state index is 0.294. The van der Waals surface area contributed by atoms with Gasteiger partial charge in [0.15, 0.2) is 0 Å². The molecule has 0 unspecified atom stereocenters. The minimum atomic E-state index is -0.505. The molecular formula is C26H31N3O2. The molecule has 0 radical (unpaired) electrons. The van der Waals surface area contributed by atoms with Crippen LogP contribution in [0.3, 0.4) is 0 Å². The van der Waals surface area contributed by atoms with Gasteiger partial charge in [0.1, 0.15) is 5.60 Å². The van der Waals surface area contributed by atoms with Crippen LogP contribution >= 0.6 is 0 Å². The maximum Gasteiger partial charge on any atom is 0.410 e. The van der Waals surface area contributed by atoms with Gasteiger partial charge in [-0.3, -0.25) is 0 Å². The predicted octanol–water partition coefficient (Wildman–Crippen LogP) is 5.61. The van der Waals surface area contributed by atoms with Crippen LogP contribution in [-0.4, -0.2) is 35.4 Å². The Morgan fingerprint density at radius 3 is 2.19 bits per heavy atom. The third-order valence-electron chi connectivity index (χ3n) is 5.01. The molecule has 31 heavy (non-hydrogen) atoms. The second-order valence-electron chi connectivity index (χ2n) is 8.61. The normalized spacial score (nSPS) is 15.8. The molecule has 2 aromatic rings. The van der Waals surface area contributed by atoms with Gasteiger partial charge in [-0.25, -0.2) is 9.79 Å². The van der Waals surface area contributed by atoms with Gasteiger partial charge < -0.3 is 15.4 Å². The highest BCUT2D eigenvalue weighted by Crippen LogP contribution is 2.24. The van der Waals surface area contributed by atoms with Gasteiger partial charge in [0.25, 0.3) is 0 Å². The SMILES string of the molecule is C/C(C(=Nc1ccccc1)c1ccccc1)=C(/N)C1=CCN(C(=O)OC(C)(C)C)CC1. The Labute approximate surface area is 184 Å². The number of benzene rings is 2. The summed E-state index contributed by atoms with van der Waals surface area (Å²) >= 11 is 0. The predicted molar refractivity (Wildman–Crippen MR) is 126 cm³/mol. The van der Waals surface area contributed by atoms with Gasteiger partial charge in [-0.1, -0.05) is 54.6 Å². The van der Waals surface area contributed by atoms with E-state index in [0.717, 1.165) is 28.1 Å². The first-order chi connectivity index (χ1) is 14.7. The molecular weight excluding hydrogens is 386 g/mol. The molecule has 1 aliphatic heterocycles. The summed E-state index contributed by atoms with van der Waals surface area (Å²) in [7, 11) is 0. The van der Waals surface area contributed by atoms with Crippen molar-refractivity contribution in [3.8, 4) is 0 Å². The summed E-state index contributed by atoms with van der Waals surface area (Å²) in [5.74, 6) is 0. The van der Waals surface area contributed by atoms with E-state index in [1.165, 1.54) is 0 Å². The number of carbonyl (C=O) groups excluding carboxylic acids is 1. The van der Waals surface area contributed by atoms with Crippen LogP contribution in [0, 0.1) is 0 Å². The van der Waals surface area contributed by atoms with Gasteiger partial charge in [-0.05, 0) is 57.4 Å². The number of ether oxygens (including phenoxy) is 1. The Bertz CT molecular complexity index is 1000. The zero-order valence-electron chi connectivity index (χ0n) is 18.8. The second-order valence-corrected chi connectivity index (χ2v) is 8.61. The molecule has 1 amide bonds. The lowest BCUT2D eigenvalue weighted by atomic mass is 9.96. The highest BCUT2D eigenvalue weighted by molar-refractivity contribution is 6.14. The average molecular weight is 418 g/mol. The van der Waals surface area contributed by atoms with E-state index in [1.54, 1.807) is 4.90 Å². The van der Waals surface area contributed by atoms with Crippen molar-refractivity contribution in [1.82, 2.24) is 4.90 Å². The molecule has 0 aromatic heterocycles. The maximum absolute atomic E-state index is 12.3. The first kappa shape index (κ1) is 22.3. The number of amides is 1. The molecule has 5 heteroatoms. The van der Waals surface area contributed by atoms with Gasteiger partial charge >= 0.3 is 6.09 Å². The third kappa shape index (κ3) is 6.07. The first-order valence-electron chi connectivity index (χ1n) is 10.6. The summed E-state index contributed by atoms with van der Waals surface area (Å²) in [6.45, 7) is 8.68. The summed E-state index contributed by atoms with van der Waals surface area (Å²) < 4.78 is 5.48. The number of rotatable bonds is 4. The number of para-hydroxylation sites is 1. The highest BCUT2D eigenvalue weighted by Gasteiger charge is 2.24. The Kier molecular flexibility index (Phi) is 6.95. The molecule has 0 bridgehead atoms. The van der Waals surface area contributed by atoms with Crippen LogP contribution in [-0.2, 0) is 4.74 Å². The van der Waals surface area contributed by atoms with Gasteiger partial charge in [0.2, 0.25) is 0 Å². The molecule has 1 heterocycles. The molecule has 0 fully saturated rings. The number of allylic oxidation sites excluding steroid dienone is 2. The topological polar surface area (TPSA) is 67.9 Å². The van der Waals surface area contributed by atoms with Crippen molar-refractivity contribution in [1.29, 1.82) is 0 Å². The van der Waals surface area contributed by atoms with Crippen molar-refractivity contribution < 1.29 is 9.53 Å². The smallest absolute Gasteiger partial charge is 0.410 e. The fourth-order valence-corrected chi connectivity index (χ4v) is 3.37. The number of hydrogen-bond donors (Lipinski definition) is 1. The van der Waals surface area contributed by atoms with Gasteiger partial charge in [-0.15, -0.1) is 0 Å². The second kappa shape index (κ2) is 9.65. The Hall–Kier alpha value is -3.34. The molecule has 0 atom stereocenters. The largest absolute Gasteiger partial charge is 0.444 e. The number of carbonyl (C=O) groups is 1. The molecule has 0 saturated heterocycles. The van der Waals surface area contributed by atoms with Gasteiger partial charge in [0, 0.05) is 24.4 Å². The zero-order valence-corrected chi connectivity index (χ0v) is 18.8. The van der Waals surface area contributed by atoms with Crippen molar-refractivity contribution in [2.75, 3.05) is 13.1 Å². The van der Waals surface area contributed by atoms with E-state index in [0.29, 0.717) is 25.2 Å². The number of nitrogens with zero attached hydrogens (tertiary/aromatic N) is 2. The van der Waals surface area contributed by atoms with Gasteiger partial charge in [0.05, 0.1) is 11.4 Å². The van der Waals surface area contributed by atoms with Crippen molar-refractivity contribution in [2.45, 2.75) is 39.7 Å². The zero-order chi connectivity index (χ0) is 22.4. The molecule has 0 saturated carbocycles. The number of hydrogen-bond acceptors (Lipinski definition) is 4. The Balaban J connectivity index is 1.88. The summed E-state index contributed by atoms with van der Waals surface area (Å²) in [5.41, 5.74) is 11.5. The molecule has 3 rings (SSSR count). The highest BCUT2D eigenvalue weighted by atomic mass is 16.6. The Morgan fingerprint density at radius 1 is 1.03 bits per heavy atom. The molecule has 2 aromatic carbocycles. The van der Waals surface area contributed by atoms with E-state index < -0.39 is 5.60 Å². The quantitative estimate of drug-likeness (QED) is 0.658. The fraction of sp³-hybridized carbons (Fsp3) is 0.308. The molecule has 5 nitrogen and oxygen atoms in total. The molecule has 1 aliphatic rings. The third-order valence-corrected chi connectivity index (χ3v) is 5.01. The van der Waals surface area contributed by atoms with E-state index >= 15 is 0 Å². The Morgan fingerprint density at radius 2 is 1.65 bits per heavy atom. The molecule has 162 valence electrons. The standard InChI is InChI=1S/C26H31N3O2/c1-19(23(27)20-15-17-29(18-16-20)25(30)31-26(2,3)4)24(21-11-7-5-8-12-21)28-22-13-9-6-10-14-22/h5-15H,16-18,27H2,1-4H3/b23-19-,28-24?. The fourth-order valence-electron chi connectivity index (χ4n) is 3.37. The van der Waals surface area contributed by atoms with Crippen LogP contribution in [0.1, 0.15) is 39.7 Å². The molecule has 0 spiro atoms. The van der Waals surface area contributed by atoms with Crippen molar-refractivity contribution in [3.05, 3.63) is 89.1 Å². The van der Waals surface area contributed by atoms with Gasteiger partial charge in [-0.2, -0.15) is 0 Å². The minimum Gasteiger partial charge on any atom is -0.444 e. The maximum atomic E-state index is 12.3.